The molecule has 210 valence electrons. The lowest BCUT2D eigenvalue weighted by Gasteiger charge is -2.33. The number of hydrogen-bond acceptors (Lipinski definition) is 7. The van der Waals surface area contributed by atoms with Crippen LogP contribution >= 0.6 is 16.1 Å². The number of nitrogens with one attached hydrogen (secondary N) is 1. The van der Waals surface area contributed by atoms with Crippen LogP contribution in [0.25, 0.3) is 0 Å². The first-order valence-corrected chi connectivity index (χ1v) is 13.9. The molecule has 0 bridgehead atoms. The minimum atomic E-state index is -0.242. The Morgan fingerprint density at radius 2 is 1.87 bits per heavy atom. The van der Waals surface area contributed by atoms with E-state index in [-0.39, 0.29) is 23.7 Å². The van der Waals surface area contributed by atoms with Crippen molar-refractivity contribution in [2.45, 2.75) is 39.7 Å². The SMILES string of the molecule is CCOc1cc2c(cc1C(=O)NC)/C(=N/Br)N(CC(=O)c1cc(N3CCOCC3)c(OC)c(C(C)(C)C)c1)C2. The standard InChI is InChI=1S/C29H37BrN4O5/c1-7-39-25-14-19-16-34(27(32-30)20(19)15-21(25)28(36)31-5)17-24(35)18-12-22(29(2,3)4)26(37-6)23(13-18)33-8-10-38-11-9-33/h12-15H,7-11,16-17H2,1-6H3,(H,31,36)/b32-27-. The number of fused-ring (bicyclic) bond motifs is 1. The normalized spacial score (nSPS) is 16.3. The van der Waals surface area contributed by atoms with E-state index in [2.05, 4.69) is 51.2 Å². The number of morpholine rings is 1. The topological polar surface area (TPSA) is 92.7 Å². The number of amides is 1. The van der Waals surface area contributed by atoms with E-state index in [0.29, 0.717) is 49.1 Å². The van der Waals surface area contributed by atoms with E-state index in [0.717, 1.165) is 41.2 Å². The number of nitrogens with zero attached hydrogens (tertiary/aromatic N) is 3. The van der Waals surface area contributed by atoms with Gasteiger partial charge in [0.05, 0.1) is 60.9 Å². The average molecular weight is 602 g/mol. The van der Waals surface area contributed by atoms with Crippen LogP contribution in [-0.4, -0.2) is 76.0 Å². The van der Waals surface area contributed by atoms with E-state index in [4.69, 9.17) is 14.2 Å². The summed E-state index contributed by atoms with van der Waals surface area (Å²) in [5, 5.41) is 2.67. The summed E-state index contributed by atoms with van der Waals surface area (Å²) in [4.78, 5) is 30.5. The van der Waals surface area contributed by atoms with Crippen LogP contribution in [-0.2, 0) is 16.7 Å². The number of amidine groups is 1. The van der Waals surface area contributed by atoms with E-state index in [1.807, 2.05) is 30.0 Å². The lowest BCUT2D eigenvalue weighted by atomic mass is 9.84. The van der Waals surface area contributed by atoms with Gasteiger partial charge in [0.25, 0.3) is 5.91 Å². The Labute approximate surface area is 238 Å². The molecule has 0 radical (unpaired) electrons. The fourth-order valence-electron chi connectivity index (χ4n) is 5.08. The second kappa shape index (κ2) is 12.0. The van der Waals surface area contributed by atoms with Crippen LogP contribution in [0.5, 0.6) is 11.5 Å². The Morgan fingerprint density at radius 3 is 2.46 bits per heavy atom. The number of benzene rings is 2. The Bertz CT molecular complexity index is 1280. The fraction of sp³-hybridized carbons (Fsp3) is 0.483. The molecule has 1 fully saturated rings. The van der Waals surface area contributed by atoms with Crippen LogP contribution in [0.1, 0.15) is 65.1 Å². The van der Waals surface area contributed by atoms with Gasteiger partial charge in [0, 0.05) is 43.4 Å². The molecule has 10 heteroatoms. The van der Waals surface area contributed by atoms with Crippen molar-refractivity contribution in [2.75, 3.05) is 58.5 Å². The Hall–Kier alpha value is -3.11. The Kier molecular flexibility index (Phi) is 8.86. The lowest BCUT2D eigenvalue weighted by Crippen LogP contribution is -2.37. The van der Waals surface area contributed by atoms with Crippen molar-refractivity contribution in [2.24, 2.45) is 4.02 Å². The van der Waals surface area contributed by atoms with Gasteiger partial charge in [-0.05, 0) is 42.2 Å². The minimum absolute atomic E-state index is 0.0318. The second-order valence-electron chi connectivity index (χ2n) is 10.6. The quantitative estimate of drug-likeness (QED) is 0.450. The fourth-order valence-corrected chi connectivity index (χ4v) is 5.49. The van der Waals surface area contributed by atoms with Crippen molar-refractivity contribution in [3.63, 3.8) is 0 Å². The number of Topliss-reactive ketones (excluding diaryl/α,β-unsaturated/α-hetero) is 1. The van der Waals surface area contributed by atoms with E-state index in [1.165, 1.54) is 0 Å². The Morgan fingerprint density at radius 1 is 1.15 bits per heavy atom. The molecule has 2 aromatic rings. The molecule has 2 aliphatic heterocycles. The minimum Gasteiger partial charge on any atom is -0.494 e. The van der Waals surface area contributed by atoms with Crippen LogP contribution in [0.4, 0.5) is 5.69 Å². The number of anilines is 1. The van der Waals surface area contributed by atoms with Crippen molar-refractivity contribution in [3.05, 3.63) is 52.1 Å². The van der Waals surface area contributed by atoms with Crippen molar-refractivity contribution < 1.29 is 23.8 Å². The van der Waals surface area contributed by atoms with Gasteiger partial charge in [-0.1, -0.05) is 20.8 Å². The van der Waals surface area contributed by atoms with Crippen molar-refractivity contribution in [1.29, 1.82) is 0 Å². The first-order valence-electron chi connectivity index (χ1n) is 13.2. The third-order valence-electron chi connectivity index (χ3n) is 7.05. The molecule has 39 heavy (non-hydrogen) atoms. The van der Waals surface area contributed by atoms with Gasteiger partial charge >= 0.3 is 0 Å². The third kappa shape index (κ3) is 5.91. The summed E-state index contributed by atoms with van der Waals surface area (Å²) < 4.78 is 21.5. The van der Waals surface area contributed by atoms with Crippen LogP contribution in [0, 0.1) is 0 Å². The second-order valence-corrected chi connectivity index (χ2v) is 11.0. The van der Waals surface area contributed by atoms with E-state index in [1.54, 1.807) is 20.2 Å². The summed E-state index contributed by atoms with van der Waals surface area (Å²) in [5.74, 6) is 1.63. The number of halogens is 1. The Balaban J connectivity index is 1.69. The van der Waals surface area contributed by atoms with Gasteiger partial charge in [-0.25, -0.2) is 0 Å². The van der Waals surface area contributed by atoms with Crippen LogP contribution < -0.4 is 19.7 Å². The van der Waals surface area contributed by atoms with E-state index in [9.17, 15) is 9.59 Å². The highest BCUT2D eigenvalue weighted by atomic mass is 79.9. The summed E-state index contributed by atoms with van der Waals surface area (Å²) in [6.45, 7) is 12.0. The molecule has 1 saturated heterocycles. The molecule has 0 aliphatic carbocycles. The first kappa shape index (κ1) is 28.9. The molecule has 0 spiro atoms. The number of carbonyl (C=O) groups excluding carboxylic acids is 2. The average Bonchev–Trinajstić information content (AvgIpc) is 3.26. The summed E-state index contributed by atoms with van der Waals surface area (Å²) >= 11 is 3.25. The molecule has 0 atom stereocenters. The monoisotopic (exact) mass is 600 g/mol. The van der Waals surface area contributed by atoms with Gasteiger partial charge < -0.3 is 29.3 Å². The maximum atomic E-state index is 13.8. The van der Waals surface area contributed by atoms with Gasteiger partial charge in [0.15, 0.2) is 5.78 Å². The van der Waals surface area contributed by atoms with Gasteiger partial charge in [-0.3, -0.25) is 9.59 Å². The molecule has 4 rings (SSSR count). The zero-order valence-corrected chi connectivity index (χ0v) is 25.1. The smallest absolute Gasteiger partial charge is 0.254 e. The third-order valence-corrected chi connectivity index (χ3v) is 7.38. The molecular weight excluding hydrogens is 564 g/mol. The predicted octanol–water partition coefficient (Wildman–Crippen LogP) is 4.34. The highest BCUT2D eigenvalue weighted by molar-refractivity contribution is 9.08. The van der Waals surface area contributed by atoms with Gasteiger partial charge in [0.1, 0.15) is 17.3 Å². The van der Waals surface area contributed by atoms with Crippen LogP contribution in [0.15, 0.2) is 28.3 Å². The molecule has 1 amide bonds. The molecule has 2 aromatic carbocycles. The molecule has 1 N–H and O–H groups in total. The van der Waals surface area contributed by atoms with Gasteiger partial charge in [-0.2, -0.15) is 4.02 Å². The summed E-state index contributed by atoms with van der Waals surface area (Å²) in [6, 6.07) is 7.54. The van der Waals surface area contributed by atoms with Crippen molar-refractivity contribution in [1.82, 2.24) is 10.2 Å². The number of ketones is 1. The number of carbonyl (C=O) groups is 2. The van der Waals surface area contributed by atoms with E-state index < -0.39 is 0 Å². The number of rotatable bonds is 8. The first-order chi connectivity index (χ1) is 18.6. The molecule has 0 aromatic heterocycles. The summed E-state index contributed by atoms with van der Waals surface area (Å²) in [7, 11) is 3.27. The summed E-state index contributed by atoms with van der Waals surface area (Å²) in [6.07, 6.45) is 0. The zero-order valence-electron chi connectivity index (χ0n) is 23.5. The highest BCUT2D eigenvalue weighted by Crippen LogP contribution is 2.41. The number of methoxy groups -OCH3 is 1. The molecule has 0 saturated carbocycles. The molecular formula is C29H37BrN4O5. The molecule has 9 nitrogen and oxygen atoms in total. The highest BCUT2D eigenvalue weighted by Gasteiger charge is 2.32. The predicted molar refractivity (Wildman–Crippen MR) is 156 cm³/mol. The largest absolute Gasteiger partial charge is 0.494 e. The molecule has 0 unspecified atom stereocenters. The molecule has 2 aliphatic rings. The summed E-state index contributed by atoms with van der Waals surface area (Å²) in [5.41, 5.74) is 4.44. The number of hydrogen-bond donors (Lipinski definition) is 1. The number of ether oxygens (including phenoxy) is 3. The van der Waals surface area contributed by atoms with Crippen molar-refractivity contribution in [3.8, 4) is 11.5 Å². The lowest BCUT2D eigenvalue weighted by molar-refractivity contribution is 0.0953. The van der Waals surface area contributed by atoms with Crippen LogP contribution in [0.3, 0.4) is 0 Å². The maximum Gasteiger partial charge on any atom is 0.254 e. The zero-order chi connectivity index (χ0) is 28.3. The maximum absolute atomic E-state index is 13.8. The van der Waals surface area contributed by atoms with Crippen molar-refractivity contribution >= 4 is 39.4 Å². The molecule has 2 heterocycles. The van der Waals surface area contributed by atoms with E-state index >= 15 is 0 Å². The van der Waals surface area contributed by atoms with Gasteiger partial charge in [-0.15, -0.1) is 0 Å². The van der Waals surface area contributed by atoms with Crippen LogP contribution in [0.2, 0.25) is 0 Å². The van der Waals surface area contributed by atoms with Gasteiger partial charge in [0.2, 0.25) is 0 Å².